The third-order valence-electron chi connectivity index (χ3n) is 3.20. The van der Waals surface area contributed by atoms with Crippen LogP contribution in [-0.2, 0) is 4.79 Å². The number of hydrogen-bond donors (Lipinski definition) is 3. The molecule has 112 valence electrons. The Morgan fingerprint density at radius 1 is 1.43 bits per heavy atom. The monoisotopic (exact) mass is 293 g/mol. The van der Waals surface area contributed by atoms with Crippen LogP contribution in [0.15, 0.2) is 18.2 Å². The summed E-state index contributed by atoms with van der Waals surface area (Å²) < 4.78 is 0. The van der Waals surface area contributed by atoms with Crippen molar-refractivity contribution < 1.29 is 14.5 Å². The average molecular weight is 293 g/mol. The van der Waals surface area contributed by atoms with E-state index in [-0.39, 0.29) is 35.2 Å². The molecule has 1 aliphatic heterocycles. The number of amides is 2. The molecule has 1 aromatic carbocycles. The van der Waals surface area contributed by atoms with Crippen LogP contribution in [-0.4, -0.2) is 41.3 Å². The van der Waals surface area contributed by atoms with Crippen molar-refractivity contribution in [3.63, 3.8) is 0 Å². The number of rotatable bonds is 3. The average Bonchev–Trinajstić information content (AvgIpc) is 2.70. The van der Waals surface area contributed by atoms with Gasteiger partial charge in [0.15, 0.2) is 0 Å². The number of nitrogens with one attached hydrogen (secondary N) is 2. The van der Waals surface area contributed by atoms with Gasteiger partial charge >= 0.3 is 0 Å². The van der Waals surface area contributed by atoms with Gasteiger partial charge in [-0.25, -0.2) is 0 Å². The first-order valence-corrected chi connectivity index (χ1v) is 6.34. The van der Waals surface area contributed by atoms with E-state index in [9.17, 15) is 19.7 Å². The van der Waals surface area contributed by atoms with E-state index in [1.807, 2.05) is 0 Å². The lowest BCUT2D eigenvalue weighted by atomic mass is 10.1. The van der Waals surface area contributed by atoms with Gasteiger partial charge in [0, 0.05) is 37.7 Å². The number of anilines is 1. The van der Waals surface area contributed by atoms with Crippen LogP contribution in [0.3, 0.4) is 0 Å². The minimum Gasteiger partial charge on any atom is -0.354 e. The molecule has 1 saturated heterocycles. The second kappa shape index (κ2) is 6.18. The van der Waals surface area contributed by atoms with Crippen molar-refractivity contribution in [2.24, 2.45) is 5.84 Å². The molecule has 4 N–H and O–H groups in total. The summed E-state index contributed by atoms with van der Waals surface area (Å²) in [6.07, 6.45) is 0.237. The van der Waals surface area contributed by atoms with Crippen LogP contribution in [0.1, 0.15) is 16.8 Å². The third-order valence-corrected chi connectivity index (χ3v) is 3.20. The summed E-state index contributed by atoms with van der Waals surface area (Å²) in [6, 6.07) is 3.94. The van der Waals surface area contributed by atoms with Gasteiger partial charge in [-0.2, -0.15) is 0 Å². The van der Waals surface area contributed by atoms with Crippen LogP contribution in [0.2, 0.25) is 0 Å². The van der Waals surface area contributed by atoms with Crippen molar-refractivity contribution in [2.75, 3.05) is 25.1 Å². The van der Waals surface area contributed by atoms with Crippen LogP contribution in [0.4, 0.5) is 11.4 Å². The Kier molecular flexibility index (Phi) is 4.33. The van der Waals surface area contributed by atoms with Gasteiger partial charge < -0.3 is 15.6 Å². The standard InChI is InChI=1S/C12H15N5O4/c13-15-9-7-8(1-2-10(9)17(20)21)12(19)16-5-3-11(18)14-4-6-16/h1-2,7,15H,3-6,13H2,(H,14,18). The van der Waals surface area contributed by atoms with Gasteiger partial charge in [0.25, 0.3) is 11.6 Å². The van der Waals surface area contributed by atoms with Crippen molar-refractivity contribution in [3.8, 4) is 0 Å². The molecule has 9 heteroatoms. The molecule has 0 bridgehead atoms. The Morgan fingerprint density at radius 3 is 2.86 bits per heavy atom. The normalized spacial score (nSPS) is 15.1. The minimum atomic E-state index is -0.585. The molecule has 1 heterocycles. The zero-order valence-electron chi connectivity index (χ0n) is 11.2. The topological polar surface area (TPSA) is 131 Å². The van der Waals surface area contributed by atoms with Crippen LogP contribution >= 0.6 is 0 Å². The molecule has 0 aromatic heterocycles. The molecule has 9 nitrogen and oxygen atoms in total. The smallest absolute Gasteiger partial charge is 0.293 e. The van der Waals surface area contributed by atoms with E-state index < -0.39 is 4.92 Å². The lowest BCUT2D eigenvalue weighted by Gasteiger charge is -2.19. The Balaban J connectivity index is 2.22. The third kappa shape index (κ3) is 3.26. The summed E-state index contributed by atoms with van der Waals surface area (Å²) in [4.78, 5) is 35.4. The number of carbonyl (C=O) groups is 2. The molecule has 0 atom stereocenters. The summed E-state index contributed by atoms with van der Waals surface area (Å²) in [5.41, 5.74) is 2.35. The van der Waals surface area contributed by atoms with E-state index >= 15 is 0 Å². The van der Waals surface area contributed by atoms with Gasteiger partial charge in [-0.1, -0.05) is 0 Å². The molecule has 2 rings (SSSR count). The molecule has 1 aliphatic rings. The molecule has 0 aliphatic carbocycles. The van der Waals surface area contributed by atoms with Crippen molar-refractivity contribution in [2.45, 2.75) is 6.42 Å². The second-order valence-corrected chi connectivity index (χ2v) is 4.53. The SMILES string of the molecule is NNc1cc(C(=O)N2CCNC(=O)CC2)ccc1[N+](=O)[O-]. The highest BCUT2D eigenvalue weighted by Crippen LogP contribution is 2.25. The largest absolute Gasteiger partial charge is 0.354 e. The maximum Gasteiger partial charge on any atom is 0.293 e. The quantitative estimate of drug-likeness (QED) is 0.403. The van der Waals surface area contributed by atoms with E-state index in [1.165, 1.54) is 23.1 Å². The number of nitrogens with zero attached hydrogens (tertiary/aromatic N) is 2. The fourth-order valence-electron chi connectivity index (χ4n) is 2.10. The maximum atomic E-state index is 12.4. The van der Waals surface area contributed by atoms with Crippen LogP contribution in [0.25, 0.3) is 0 Å². The van der Waals surface area contributed by atoms with Gasteiger partial charge in [-0.05, 0) is 12.1 Å². The first-order chi connectivity index (χ1) is 10.0. The van der Waals surface area contributed by atoms with Crippen LogP contribution < -0.4 is 16.6 Å². The molecular weight excluding hydrogens is 278 g/mol. The summed E-state index contributed by atoms with van der Waals surface area (Å²) >= 11 is 0. The van der Waals surface area contributed by atoms with E-state index in [0.717, 1.165) is 0 Å². The fraction of sp³-hybridized carbons (Fsp3) is 0.333. The van der Waals surface area contributed by atoms with Gasteiger partial charge in [0.05, 0.1) is 4.92 Å². The first-order valence-electron chi connectivity index (χ1n) is 6.34. The van der Waals surface area contributed by atoms with E-state index in [4.69, 9.17) is 5.84 Å². The molecule has 0 spiro atoms. The molecule has 0 unspecified atom stereocenters. The number of benzene rings is 1. The molecule has 1 aromatic rings. The van der Waals surface area contributed by atoms with Crippen molar-refractivity contribution in [3.05, 3.63) is 33.9 Å². The Morgan fingerprint density at radius 2 is 2.19 bits per heavy atom. The van der Waals surface area contributed by atoms with Crippen LogP contribution in [0, 0.1) is 10.1 Å². The number of nitro groups is 1. The van der Waals surface area contributed by atoms with E-state index in [2.05, 4.69) is 10.7 Å². The number of carbonyl (C=O) groups excluding carboxylic acids is 2. The summed E-state index contributed by atoms with van der Waals surface area (Å²) in [6.45, 7) is 1.10. The van der Waals surface area contributed by atoms with Gasteiger partial charge in [-0.3, -0.25) is 25.5 Å². The van der Waals surface area contributed by atoms with Crippen molar-refractivity contribution in [1.29, 1.82) is 0 Å². The number of hydrazine groups is 1. The van der Waals surface area contributed by atoms with Crippen molar-refractivity contribution in [1.82, 2.24) is 10.2 Å². The zero-order chi connectivity index (χ0) is 15.4. The van der Waals surface area contributed by atoms with Gasteiger partial charge in [-0.15, -0.1) is 0 Å². The number of nitro benzene ring substituents is 1. The lowest BCUT2D eigenvalue weighted by molar-refractivity contribution is -0.384. The van der Waals surface area contributed by atoms with Gasteiger partial charge in [0.2, 0.25) is 5.91 Å². The highest BCUT2D eigenvalue weighted by atomic mass is 16.6. The number of hydrogen-bond acceptors (Lipinski definition) is 6. The predicted octanol–water partition coefficient (Wildman–Crippen LogP) is -0.157. The van der Waals surface area contributed by atoms with Crippen LogP contribution in [0.5, 0.6) is 0 Å². The molecule has 0 radical (unpaired) electrons. The Hall–Kier alpha value is -2.68. The van der Waals surface area contributed by atoms with Gasteiger partial charge in [0.1, 0.15) is 5.69 Å². The zero-order valence-corrected chi connectivity index (χ0v) is 11.2. The minimum absolute atomic E-state index is 0.0647. The van der Waals surface area contributed by atoms with E-state index in [0.29, 0.717) is 19.6 Å². The van der Waals surface area contributed by atoms with E-state index in [1.54, 1.807) is 0 Å². The first kappa shape index (κ1) is 14.7. The molecule has 0 saturated carbocycles. The molecule has 1 fully saturated rings. The fourth-order valence-corrected chi connectivity index (χ4v) is 2.10. The number of nitrogen functional groups attached to an aromatic ring is 1. The predicted molar refractivity (Wildman–Crippen MR) is 74.4 cm³/mol. The maximum absolute atomic E-state index is 12.4. The Labute approximate surface area is 120 Å². The summed E-state index contributed by atoms with van der Waals surface area (Å²) in [5.74, 6) is 4.85. The summed E-state index contributed by atoms with van der Waals surface area (Å²) in [5, 5.41) is 13.5. The molecule has 21 heavy (non-hydrogen) atoms. The van der Waals surface area contributed by atoms with Crippen molar-refractivity contribution >= 4 is 23.2 Å². The second-order valence-electron chi connectivity index (χ2n) is 4.53. The summed E-state index contributed by atoms with van der Waals surface area (Å²) in [7, 11) is 0. The molecular formula is C12H15N5O4. The Bertz CT molecular complexity index is 589. The lowest BCUT2D eigenvalue weighted by Crippen LogP contribution is -2.34. The highest BCUT2D eigenvalue weighted by Gasteiger charge is 2.22. The molecule has 2 amide bonds. The highest BCUT2D eigenvalue weighted by molar-refractivity contribution is 5.96. The number of nitrogens with two attached hydrogens (primary N) is 1.